The molecule has 0 aromatic heterocycles. The van der Waals surface area contributed by atoms with Crippen molar-refractivity contribution >= 4 is 45.6 Å². The van der Waals surface area contributed by atoms with E-state index in [0.717, 1.165) is 57.8 Å². The number of halogens is 1. The van der Waals surface area contributed by atoms with Crippen molar-refractivity contribution in [1.82, 2.24) is 25.2 Å². The fraction of sp³-hybridized carbons (Fsp3) is 0.558. The van der Waals surface area contributed by atoms with E-state index in [9.17, 15) is 36.8 Å². The van der Waals surface area contributed by atoms with Gasteiger partial charge in [-0.3, -0.25) is 19.3 Å². The number of nitrogens with zero attached hydrogens (tertiary/aromatic N) is 2. The van der Waals surface area contributed by atoms with Crippen molar-refractivity contribution in [2.24, 2.45) is 5.92 Å². The first-order chi connectivity index (χ1) is 28.9. The molecule has 0 bridgehead atoms. The molecule has 3 fully saturated rings. The Bertz CT molecular complexity index is 2080. The number of hydrogen-bond donors (Lipinski definition) is 4. The van der Waals surface area contributed by atoms with E-state index in [2.05, 4.69) is 27.3 Å². The molecule has 2 aromatic rings. The van der Waals surface area contributed by atoms with E-state index in [1.807, 2.05) is 0 Å². The van der Waals surface area contributed by atoms with Crippen LogP contribution in [0.1, 0.15) is 101 Å². The highest BCUT2D eigenvalue weighted by Gasteiger charge is 2.61. The van der Waals surface area contributed by atoms with Crippen LogP contribution in [0.15, 0.2) is 60.0 Å². The summed E-state index contributed by atoms with van der Waals surface area (Å²) in [7, 11) is -4.41. The Morgan fingerprint density at radius 1 is 0.900 bits per heavy atom. The molecule has 0 radical (unpaired) electrons. The molecule has 2 aliphatic carbocycles. The van der Waals surface area contributed by atoms with Gasteiger partial charge < -0.3 is 30.3 Å². The molecular formula is C43H55FN6O9S. The minimum absolute atomic E-state index is 0.00551. The standard InChI is InChI=1S/C43H55FN6O9S/c1-2-29-24-43(29)40(53)48-60(56,57)37-20-11-10-19-35(37)45-21-12-5-3-4-7-15-30(46-41(54)58-31-16-8-6-9-17-31)22-38(51)50-26-32(23-36(50)39(52)47-43)59-42(55)49-25-28-14-13-18-34(44)33(28)27-49/h2,10-11,13-14,18-20,29-32,36,45H,1,3-9,12,15-17,21-27H2,(H,46,54)(H,47,52)(H,48,53)/t29-,30?,32+,36-,43-/m0/s1. The highest BCUT2D eigenvalue weighted by Crippen LogP contribution is 2.45. The van der Waals surface area contributed by atoms with Crippen LogP contribution < -0.4 is 20.7 Å². The average Bonchev–Trinajstić information content (AvgIpc) is 3.51. The number of para-hydroxylation sites is 1. The first-order valence-corrected chi connectivity index (χ1v) is 22.7. The summed E-state index contributed by atoms with van der Waals surface area (Å²) in [5, 5.41) is 8.87. The third kappa shape index (κ3) is 9.88. The molecule has 5 amide bonds. The van der Waals surface area contributed by atoms with Gasteiger partial charge in [0.2, 0.25) is 11.8 Å². The van der Waals surface area contributed by atoms with Crippen LogP contribution in [0, 0.1) is 11.7 Å². The lowest BCUT2D eigenvalue weighted by Gasteiger charge is -2.28. The molecule has 1 saturated heterocycles. The lowest BCUT2D eigenvalue weighted by molar-refractivity contribution is -0.140. The smallest absolute Gasteiger partial charge is 0.410 e. The number of sulfonamides is 1. The monoisotopic (exact) mass is 850 g/mol. The first-order valence-electron chi connectivity index (χ1n) is 21.2. The second-order valence-corrected chi connectivity index (χ2v) is 18.3. The van der Waals surface area contributed by atoms with Gasteiger partial charge in [0.1, 0.15) is 34.5 Å². The van der Waals surface area contributed by atoms with Gasteiger partial charge in [-0.2, -0.15) is 0 Å². The molecule has 1 spiro atoms. The summed E-state index contributed by atoms with van der Waals surface area (Å²) in [6, 6.07) is 9.03. The van der Waals surface area contributed by atoms with Gasteiger partial charge >= 0.3 is 12.2 Å². The Morgan fingerprint density at radius 2 is 1.63 bits per heavy atom. The predicted molar refractivity (Wildman–Crippen MR) is 218 cm³/mol. The van der Waals surface area contributed by atoms with Gasteiger partial charge in [-0.05, 0) is 68.7 Å². The molecule has 7 rings (SSSR count). The SMILES string of the molecule is C=C[C@H]1C[C@]12NC(=O)[C@@H]1C[C@@H](OC(=O)N3Cc4cccc(F)c4C3)CN1C(=O)CC(NC(=O)OC1CCCCC1)CCCCCCCNc1ccccc1S(=O)(=O)NC2=O. The number of rotatable bonds is 4. The normalized spacial score (nSPS) is 27.8. The first kappa shape index (κ1) is 42.9. The number of hydrogen-bond acceptors (Lipinski definition) is 10. The number of carbonyl (C=O) groups is 5. The fourth-order valence-corrected chi connectivity index (χ4v) is 10.2. The van der Waals surface area contributed by atoms with Gasteiger partial charge in [0.05, 0.1) is 18.8 Å². The van der Waals surface area contributed by atoms with Crippen LogP contribution in [0.5, 0.6) is 0 Å². The summed E-state index contributed by atoms with van der Waals surface area (Å²) in [5.41, 5.74) is -0.319. The van der Waals surface area contributed by atoms with Crippen molar-refractivity contribution in [3.05, 3.63) is 72.1 Å². The van der Waals surface area contributed by atoms with Crippen molar-refractivity contribution < 1.29 is 46.3 Å². The molecule has 2 saturated carbocycles. The molecule has 3 aliphatic heterocycles. The summed E-state index contributed by atoms with van der Waals surface area (Å²) in [4.78, 5) is 71.9. The van der Waals surface area contributed by atoms with Gasteiger partial charge in [-0.1, -0.05) is 62.4 Å². The maximum Gasteiger partial charge on any atom is 0.410 e. The largest absolute Gasteiger partial charge is 0.446 e. The summed E-state index contributed by atoms with van der Waals surface area (Å²) in [5.74, 6) is -3.24. The molecule has 15 nitrogen and oxygen atoms in total. The van der Waals surface area contributed by atoms with Gasteiger partial charge in [0.15, 0.2) is 0 Å². The molecule has 5 atom stereocenters. The minimum Gasteiger partial charge on any atom is -0.446 e. The van der Waals surface area contributed by atoms with E-state index in [0.29, 0.717) is 36.2 Å². The molecule has 17 heteroatoms. The lowest BCUT2D eigenvalue weighted by Crippen LogP contribution is -2.56. The van der Waals surface area contributed by atoms with Gasteiger partial charge in [-0.15, -0.1) is 6.58 Å². The van der Waals surface area contributed by atoms with E-state index < -0.39 is 75.4 Å². The number of benzene rings is 2. The molecule has 2 aromatic carbocycles. The highest BCUT2D eigenvalue weighted by molar-refractivity contribution is 7.90. The number of anilines is 1. The second-order valence-electron chi connectivity index (χ2n) is 16.7. The van der Waals surface area contributed by atoms with Crippen LogP contribution in [-0.2, 0) is 47.0 Å². The Hall–Kier alpha value is -5.19. The third-order valence-electron chi connectivity index (χ3n) is 12.4. The molecule has 1 unspecified atom stereocenters. The Morgan fingerprint density at radius 3 is 2.40 bits per heavy atom. The fourth-order valence-electron chi connectivity index (χ4n) is 8.94. The Labute approximate surface area is 350 Å². The predicted octanol–water partition coefficient (Wildman–Crippen LogP) is 5.40. The van der Waals surface area contributed by atoms with Crippen LogP contribution in [0.25, 0.3) is 0 Å². The lowest BCUT2D eigenvalue weighted by atomic mass is 9.98. The van der Waals surface area contributed by atoms with E-state index in [1.54, 1.807) is 30.3 Å². The summed E-state index contributed by atoms with van der Waals surface area (Å²) >= 11 is 0. The van der Waals surface area contributed by atoms with Crippen molar-refractivity contribution in [3.8, 4) is 0 Å². The van der Waals surface area contributed by atoms with Crippen LogP contribution in [-0.4, -0.2) is 91.0 Å². The van der Waals surface area contributed by atoms with Gasteiger partial charge in [0.25, 0.3) is 15.9 Å². The average molecular weight is 851 g/mol. The number of ether oxygens (including phenoxy) is 2. The third-order valence-corrected chi connectivity index (χ3v) is 13.8. The molecule has 60 heavy (non-hydrogen) atoms. The zero-order valence-electron chi connectivity index (χ0n) is 33.8. The van der Waals surface area contributed by atoms with Crippen LogP contribution >= 0.6 is 0 Å². The summed E-state index contributed by atoms with van der Waals surface area (Å²) in [6.07, 6.45) is 7.71. The second kappa shape index (κ2) is 18.6. The zero-order chi connectivity index (χ0) is 42.4. The number of amides is 5. The number of alkyl carbamates (subject to hydrolysis) is 1. The zero-order valence-corrected chi connectivity index (χ0v) is 34.6. The van der Waals surface area contributed by atoms with Crippen LogP contribution in [0.3, 0.4) is 0 Å². The van der Waals surface area contributed by atoms with E-state index in [1.165, 1.54) is 28.0 Å². The quantitative estimate of drug-likeness (QED) is 0.290. The molecular weight excluding hydrogens is 796 g/mol. The number of nitrogens with one attached hydrogen (secondary N) is 4. The maximum atomic E-state index is 14.5. The molecule has 3 heterocycles. The van der Waals surface area contributed by atoms with Crippen molar-refractivity contribution in [2.45, 2.75) is 138 Å². The van der Waals surface area contributed by atoms with Gasteiger partial charge in [-0.25, -0.2) is 27.1 Å². The number of carbonyl (C=O) groups excluding carboxylic acids is 5. The highest BCUT2D eigenvalue weighted by atomic mass is 32.2. The van der Waals surface area contributed by atoms with Crippen molar-refractivity contribution in [2.75, 3.05) is 18.4 Å². The Kier molecular flexibility index (Phi) is 13.3. The van der Waals surface area contributed by atoms with Crippen LogP contribution in [0.2, 0.25) is 0 Å². The molecule has 5 aliphatic rings. The van der Waals surface area contributed by atoms with Gasteiger partial charge in [0, 0.05) is 43.5 Å². The van der Waals surface area contributed by atoms with E-state index in [4.69, 9.17) is 9.47 Å². The summed E-state index contributed by atoms with van der Waals surface area (Å²) < 4.78 is 55.8. The molecule has 4 N–H and O–H groups in total. The van der Waals surface area contributed by atoms with E-state index in [-0.39, 0.29) is 49.9 Å². The molecule has 324 valence electrons. The minimum atomic E-state index is -4.41. The van der Waals surface area contributed by atoms with Crippen molar-refractivity contribution in [1.29, 1.82) is 0 Å². The van der Waals surface area contributed by atoms with E-state index >= 15 is 0 Å². The number of fused-ring (bicyclic) bond motifs is 3. The van der Waals surface area contributed by atoms with Crippen LogP contribution in [0.4, 0.5) is 19.7 Å². The Balaban J connectivity index is 1.13. The van der Waals surface area contributed by atoms with Crippen molar-refractivity contribution in [3.63, 3.8) is 0 Å². The topological polar surface area (TPSA) is 193 Å². The maximum absolute atomic E-state index is 14.5. The summed E-state index contributed by atoms with van der Waals surface area (Å²) in [6.45, 7) is 4.23.